The zero-order valence-electron chi connectivity index (χ0n) is 16.7. The predicted molar refractivity (Wildman–Crippen MR) is 114 cm³/mol. The second-order valence-electron chi connectivity index (χ2n) is 6.16. The minimum atomic E-state index is -3.92. The lowest BCUT2D eigenvalue weighted by Gasteiger charge is -2.19. The number of carbonyl (C=O) groups excluding carboxylic acids is 1. The predicted octanol–water partition coefficient (Wildman–Crippen LogP) is 2.94. The summed E-state index contributed by atoms with van der Waals surface area (Å²) in [6.07, 6.45) is 0. The first kappa shape index (κ1) is 21.5. The molecular weight excluding hydrogens is 428 g/mol. The van der Waals surface area contributed by atoms with Crippen LogP contribution in [0.4, 0.5) is 10.8 Å². The van der Waals surface area contributed by atoms with E-state index in [1.807, 2.05) is 19.1 Å². The van der Waals surface area contributed by atoms with E-state index in [9.17, 15) is 13.2 Å². The van der Waals surface area contributed by atoms with Gasteiger partial charge in [0, 0.05) is 12.6 Å². The van der Waals surface area contributed by atoms with Crippen LogP contribution >= 0.6 is 11.3 Å². The Kier molecular flexibility index (Phi) is 6.22. The molecule has 0 radical (unpaired) electrons. The van der Waals surface area contributed by atoms with Crippen LogP contribution in [-0.2, 0) is 10.0 Å². The molecule has 0 unspecified atom stereocenters. The van der Waals surface area contributed by atoms with Gasteiger partial charge in [-0.3, -0.25) is 14.4 Å². The molecule has 1 N–H and O–H groups in total. The lowest BCUT2D eigenvalue weighted by molar-refractivity contribution is 0.102. The van der Waals surface area contributed by atoms with Gasteiger partial charge in [-0.1, -0.05) is 29.5 Å². The zero-order chi connectivity index (χ0) is 21.9. The van der Waals surface area contributed by atoms with Crippen LogP contribution in [0.5, 0.6) is 11.5 Å². The van der Waals surface area contributed by atoms with Crippen molar-refractivity contribution < 1.29 is 22.7 Å². The van der Waals surface area contributed by atoms with E-state index in [0.29, 0.717) is 22.7 Å². The molecule has 3 rings (SSSR count). The van der Waals surface area contributed by atoms with Crippen LogP contribution in [0, 0.1) is 6.92 Å². The Bertz CT molecular complexity index is 1180. The number of ether oxygens (including phenoxy) is 2. The van der Waals surface area contributed by atoms with Crippen LogP contribution in [0.25, 0.3) is 0 Å². The lowest BCUT2D eigenvalue weighted by atomic mass is 10.2. The van der Waals surface area contributed by atoms with E-state index in [4.69, 9.17) is 9.47 Å². The van der Waals surface area contributed by atoms with Gasteiger partial charge >= 0.3 is 0 Å². The fourth-order valence-electron chi connectivity index (χ4n) is 2.67. The maximum atomic E-state index is 12.9. The highest BCUT2D eigenvalue weighted by atomic mass is 32.2. The van der Waals surface area contributed by atoms with Gasteiger partial charge in [0.05, 0.1) is 19.9 Å². The average molecular weight is 449 g/mol. The van der Waals surface area contributed by atoms with Crippen LogP contribution in [0.1, 0.15) is 15.9 Å². The number of para-hydroxylation sites is 1. The Hall–Kier alpha value is -3.18. The number of sulfonamides is 1. The molecule has 2 aromatic carbocycles. The molecule has 0 aliphatic heterocycles. The van der Waals surface area contributed by atoms with Crippen molar-refractivity contribution in [1.29, 1.82) is 0 Å². The van der Waals surface area contributed by atoms with Crippen molar-refractivity contribution in [3.63, 3.8) is 0 Å². The number of benzene rings is 2. The molecule has 30 heavy (non-hydrogen) atoms. The summed E-state index contributed by atoms with van der Waals surface area (Å²) in [5.41, 5.74) is 1.63. The molecule has 3 aromatic rings. The van der Waals surface area contributed by atoms with Gasteiger partial charge in [0.15, 0.2) is 11.5 Å². The minimum Gasteiger partial charge on any atom is -0.493 e. The third-order valence-electron chi connectivity index (χ3n) is 4.31. The van der Waals surface area contributed by atoms with Crippen molar-refractivity contribution >= 4 is 38.1 Å². The maximum Gasteiger partial charge on any atom is 0.293 e. The molecule has 1 aromatic heterocycles. The van der Waals surface area contributed by atoms with Crippen molar-refractivity contribution in [2.45, 2.75) is 11.3 Å². The van der Waals surface area contributed by atoms with Crippen LogP contribution < -0.4 is 19.1 Å². The summed E-state index contributed by atoms with van der Waals surface area (Å²) in [7, 11) is 0.481. The van der Waals surface area contributed by atoms with Crippen molar-refractivity contribution in [3.05, 3.63) is 53.6 Å². The highest BCUT2D eigenvalue weighted by molar-refractivity contribution is 7.94. The SMILES string of the molecule is COc1ccc(C(=O)Nc2nnc(S(=O)(=O)N(C)c3ccccc3C)s2)cc1OC. The molecular formula is C19H20N4O5S2. The Morgan fingerprint density at radius 3 is 2.43 bits per heavy atom. The number of hydrogen-bond acceptors (Lipinski definition) is 8. The fraction of sp³-hybridized carbons (Fsp3) is 0.211. The number of methoxy groups -OCH3 is 2. The molecule has 0 aliphatic rings. The highest BCUT2D eigenvalue weighted by Gasteiger charge is 2.27. The highest BCUT2D eigenvalue weighted by Crippen LogP contribution is 2.30. The summed E-state index contributed by atoms with van der Waals surface area (Å²) in [5, 5.41) is 10.2. The first-order valence-corrected chi connectivity index (χ1v) is 10.9. The van der Waals surface area contributed by atoms with Gasteiger partial charge in [0.2, 0.25) is 5.13 Å². The van der Waals surface area contributed by atoms with Crippen LogP contribution in [0.15, 0.2) is 46.8 Å². The van der Waals surface area contributed by atoms with Crippen molar-refractivity contribution in [1.82, 2.24) is 10.2 Å². The third kappa shape index (κ3) is 4.21. The topological polar surface area (TPSA) is 111 Å². The second kappa shape index (κ2) is 8.67. The monoisotopic (exact) mass is 448 g/mol. The molecule has 1 amide bonds. The number of aryl methyl sites for hydroxylation is 1. The van der Waals surface area contributed by atoms with E-state index >= 15 is 0 Å². The van der Waals surface area contributed by atoms with Crippen LogP contribution in [0.3, 0.4) is 0 Å². The number of aromatic nitrogens is 2. The summed E-state index contributed by atoms with van der Waals surface area (Å²) in [6, 6.07) is 11.8. The number of hydrogen-bond donors (Lipinski definition) is 1. The Labute approximate surface area is 178 Å². The standard InChI is InChI=1S/C19H20N4O5S2/c1-12-7-5-6-8-14(12)23(2)30(25,26)19-22-21-18(29-19)20-17(24)13-9-10-15(27-3)16(11-13)28-4/h5-11H,1-4H3,(H,20,21,24). The van der Waals surface area contributed by atoms with Gasteiger partial charge in [0.1, 0.15) is 0 Å². The molecule has 0 saturated heterocycles. The summed E-state index contributed by atoms with van der Waals surface area (Å²) in [5.74, 6) is 0.395. The molecule has 9 nitrogen and oxygen atoms in total. The van der Waals surface area contributed by atoms with Crippen molar-refractivity contribution in [3.8, 4) is 11.5 Å². The van der Waals surface area contributed by atoms with Gasteiger partial charge in [-0.25, -0.2) is 0 Å². The van der Waals surface area contributed by atoms with E-state index < -0.39 is 15.9 Å². The van der Waals surface area contributed by atoms with Gasteiger partial charge in [-0.15, -0.1) is 10.2 Å². The largest absolute Gasteiger partial charge is 0.493 e. The fourth-order valence-corrected chi connectivity index (χ4v) is 4.98. The smallest absolute Gasteiger partial charge is 0.293 e. The van der Waals surface area contributed by atoms with E-state index in [2.05, 4.69) is 15.5 Å². The van der Waals surface area contributed by atoms with Gasteiger partial charge in [0.25, 0.3) is 20.3 Å². The Morgan fingerprint density at radius 2 is 1.77 bits per heavy atom. The number of amides is 1. The van der Waals surface area contributed by atoms with E-state index in [1.54, 1.807) is 24.3 Å². The molecule has 158 valence electrons. The molecule has 0 fully saturated rings. The number of nitrogens with zero attached hydrogens (tertiary/aromatic N) is 3. The maximum absolute atomic E-state index is 12.9. The molecule has 0 bridgehead atoms. The number of carbonyl (C=O) groups is 1. The van der Waals surface area contributed by atoms with E-state index in [1.165, 1.54) is 27.3 Å². The average Bonchev–Trinajstić information content (AvgIpc) is 3.22. The number of rotatable bonds is 7. The van der Waals surface area contributed by atoms with Crippen molar-refractivity contribution in [2.24, 2.45) is 0 Å². The molecule has 0 atom stereocenters. The van der Waals surface area contributed by atoms with E-state index in [0.717, 1.165) is 21.2 Å². The normalized spacial score (nSPS) is 11.1. The summed E-state index contributed by atoms with van der Waals surface area (Å²) >= 11 is 0.770. The molecule has 0 aliphatic carbocycles. The summed E-state index contributed by atoms with van der Waals surface area (Å²) < 4.78 is 37.1. The summed E-state index contributed by atoms with van der Waals surface area (Å²) in [6.45, 7) is 1.82. The van der Waals surface area contributed by atoms with Gasteiger partial charge in [-0.05, 0) is 36.8 Å². The quantitative estimate of drug-likeness (QED) is 0.553. The number of anilines is 2. The first-order valence-electron chi connectivity index (χ1n) is 8.69. The van der Waals surface area contributed by atoms with Crippen molar-refractivity contribution in [2.75, 3.05) is 30.9 Å². The molecule has 0 spiro atoms. The van der Waals surface area contributed by atoms with Crippen LogP contribution in [-0.4, -0.2) is 45.8 Å². The molecule has 0 saturated carbocycles. The first-order chi connectivity index (χ1) is 14.3. The Morgan fingerprint density at radius 1 is 1.07 bits per heavy atom. The molecule has 1 heterocycles. The number of nitrogens with one attached hydrogen (secondary N) is 1. The molecule has 11 heteroatoms. The van der Waals surface area contributed by atoms with Crippen LogP contribution in [0.2, 0.25) is 0 Å². The van der Waals surface area contributed by atoms with E-state index in [-0.39, 0.29) is 9.47 Å². The lowest BCUT2D eigenvalue weighted by Crippen LogP contribution is -2.27. The summed E-state index contributed by atoms with van der Waals surface area (Å²) in [4.78, 5) is 12.5. The minimum absolute atomic E-state index is 0.0616. The zero-order valence-corrected chi connectivity index (χ0v) is 18.4. The van der Waals surface area contributed by atoms with Gasteiger partial charge in [-0.2, -0.15) is 8.42 Å². The second-order valence-corrected chi connectivity index (χ2v) is 9.28. The Balaban J connectivity index is 1.81. The van der Waals surface area contributed by atoms with Gasteiger partial charge < -0.3 is 9.47 Å². The third-order valence-corrected chi connectivity index (χ3v) is 7.26.